The van der Waals surface area contributed by atoms with Crippen molar-refractivity contribution in [2.45, 2.75) is 20.0 Å². The first kappa shape index (κ1) is 11.4. The van der Waals surface area contributed by atoms with Gasteiger partial charge in [-0.25, -0.2) is 4.68 Å². The molecule has 2 aromatic rings. The van der Waals surface area contributed by atoms with Crippen LogP contribution in [0.1, 0.15) is 24.3 Å². The molecule has 0 saturated carbocycles. The van der Waals surface area contributed by atoms with E-state index in [1.54, 1.807) is 6.92 Å². The van der Waals surface area contributed by atoms with Crippen molar-refractivity contribution in [1.29, 1.82) is 0 Å². The molecule has 1 aromatic heterocycles. The minimum absolute atomic E-state index is 0.470. The summed E-state index contributed by atoms with van der Waals surface area (Å²) >= 11 is 3.45. The van der Waals surface area contributed by atoms with E-state index in [1.807, 2.05) is 42.1 Å². The number of halogens is 1. The monoisotopic (exact) mass is 280 g/mol. The number of hydrogen-bond acceptors (Lipinski definition) is 2. The predicted molar refractivity (Wildman–Crippen MR) is 66.6 cm³/mol. The van der Waals surface area contributed by atoms with Crippen LogP contribution in [-0.2, 0) is 0 Å². The van der Waals surface area contributed by atoms with E-state index in [1.165, 1.54) is 0 Å². The Hall–Kier alpha value is -1.13. The average molecular weight is 281 g/mol. The second-order valence-corrected chi connectivity index (χ2v) is 4.64. The third-order valence-corrected chi connectivity index (χ3v) is 3.11. The van der Waals surface area contributed by atoms with Crippen LogP contribution < -0.4 is 0 Å². The molecule has 0 spiro atoms. The van der Waals surface area contributed by atoms with Crippen LogP contribution in [0.5, 0.6) is 0 Å². The fraction of sp³-hybridized carbons (Fsp3) is 0.250. The van der Waals surface area contributed by atoms with Gasteiger partial charge in [0.2, 0.25) is 0 Å². The number of aryl methyl sites for hydroxylation is 1. The summed E-state index contributed by atoms with van der Waals surface area (Å²) in [5, 5.41) is 13.8. The van der Waals surface area contributed by atoms with Gasteiger partial charge in [0.15, 0.2) is 0 Å². The van der Waals surface area contributed by atoms with Gasteiger partial charge in [0, 0.05) is 10.7 Å². The topological polar surface area (TPSA) is 38.0 Å². The van der Waals surface area contributed by atoms with Gasteiger partial charge in [-0.05, 0) is 37.6 Å². The molecule has 0 aliphatic carbocycles. The SMILES string of the molecule is Cc1ccn(-c2ccc([C@@H](C)O)c(Br)c2)n1. The Balaban J connectivity index is 2.42. The minimum atomic E-state index is -0.470. The lowest BCUT2D eigenvalue weighted by Crippen LogP contribution is -1.98. The molecular weight excluding hydrogens is 268 g/mol. The molecule has 2 rings (SSSR count). The van der Waals surface area contributed by atoms with Crippen molar-refractivity contribution in [3.63, 3.8) is 0 Å². The molecule has 0 unspecified atom stereocenters. The van der Waals surface area contributed by atoms with E-state index in [9.17, 15) is 5.11 Å². The van der Waals surface area contributed by atoms with Crippen molar-refractivity contribution in [2.24, 2.45) is 0 Å². The zero-order valence-corrected chi connectivity index (χ0v) is 10.8. The van der Waals surface area contributed by atoms with Crippen LogP contribution in [0.3, 0.4) is 0 Å². The van der Waals surface area contributed by atoms with E-state index < -0.39 is 6.10 Å². The predicted octanol–water partition coefficient (Wildman–Crippen LogP) is 3.00. The fourth-order valence-electron chi connectivity index (χ4n) is 1.56. The van der Waals surface area contributed by atoms with Crippen molar-refractivity contribution < 1.29 is 5.11 Å². The Labute approximate surface area is 103 Å². The number of aliphatic hydroxyl groups excluding tert-OH is 1. The maximum atomic E-state index is 9.52. The molecule has 0 amide bonds. The smallest absolute Gasteiger partial charge is 0.0772 e. The van der Waals surface area contributed by atoms with E-state index in [2.05, 4.69) is 21.0 Å². The average Bonchev–Trinajstić information content (AvgIpc) is 2.64. The molecule has 1 aromatic carbocycles. The first-order valence-corrected chi connectivity index (χ1v) is 5.87. The van der Waals surface area contributed by atoms with Crippen LogP contribution in [-0.4, -0.2) is 14.9 Å². The molecule has 0 aliphatic rings. The highest BCUT2D eigenvalue weighted by atomic mass is 79.9. The van der Waals surface area contributed by atoms with E-state index in [4.69, 9.17) is 0 Å². The lowest BCUT2D eigenvalue weighted by molar-refractivity contribution is 0.198. The zero-order valence-electron chi connectivity index (χ0n) is 9.18. The first-order chi connectivity index (χ1) is 7.58. The summed E-state index contributed by atoms with van der Waals surface area (Å²) in [6.45, 7) is 3.70. The molecule has 1 atom stereocenters. The van der Waals surface area contributed by atoms with Crippen LogP contribution >= 0.6 is 15.9 Å². The van der Waals surface area contributed by atoms with Gasteiger partial charge >= 0.3 is 0 Å². The highest BCUT2D eigenvalue weighted by Gasteiger charge is 2.07. The summed E-state index contributed by atoms with van der Waals surface area (Å²) < 4.78 is 2.71. The number of benzene rings is 1. The third kappa shape index (κ3) is 2.18. The van der Waals surface area contributed by atoms with Crippen molar-refractivity contribution in [3.05, 3.63) is 46.2 Å². The summed E-state index contributed by atoms with van der Waals surface area (Å²) in [5.41, 5.74) is 2.84. The second-order valence-electron chi connectivity index (χ2n) is 3.78. The molecule has 0 radical (unpaired) electrons. The molecule has 3 nitrogen and oxygen atoms in total. The molecular formula is C12H13BrN2O. The number of nitrogens with zero attached hydrogens (tertiary/aromatic N) is 2. The normalized spacial score (nSPS) is 12.8. The van der Waals surface area contributed by atoms with Crippen molar-refractivity contribution in [1.82, 2.24) is 9.78 Å². The molecule has 84 valence electrons. The van der Waals surface area contributed by atoms with Gasteiger partial charge in [-0.15, -0.1) is 0 Å². The summed E-state index contributed by atoms with van der Waals surface area (Å²) in [4.78, 5) is 0. The molecule has 0 bridgehead atoms. The Kier molecular flexibility index (Phi) is 3.12. The molecule has 4 heteroatoms. The third-order valence-electron chi connectivity index (χ3n) is 2.42. The summed E-state index contributed by atoms with van der Waals surface area (Å²) in [5.74, 6) is 0. The van der Waals surface area contributed by atoms with Gasteiger partial charge in [0.25, 0.3) is 0 Å². The highest BCUT2D eigenvalue weighted by Crippen LogP contribution is 2.25. The van der Waals surface area contributed by atoms with Gasteiger partial charge in [0.05, 0.1) is 17.5 Å². The zero-order chi connectivity index (χ0) is 11.7. The number of aromatic nitrogens is 2. The maximum absolute atomic E-state index is 9.52. The van der Waals surface area contributed by atoms with E-state index >= 15 is 0 Å². The van der Waals surface area contributed by atoms with Crippen LogP contribution in [0.15, 0.2) is 34.9 Å². The van der Waals surface area contributed by atoms with Crippen LogP contribution in [0.2, 0.25) is 0 Å². The van der Waals surface area contributed by atoms with Crippen molar-refractivity contribution in [2.75, 3.05) is 0 Å². The number of rotatable bonds is 2. The number of aliphatic hydroxyl groups is 1. The van der Waals surface area contributed by atoms with Gasteiger partial charge in [0.1, 0.15) is 0 Å². The molecule has 0 fully saturated rings. The first-order valence-electron chi connectivity index (χ1n) is 5.08. The van der Waals surface area contributed by atoms with Crippen LogP contribution in [0.4, 0.5) is 0 Å². The molecule has 0 saturated heterocycles. The van der Waals surface area contributed by atoms with E-state index in [-0.39, 0.29) is 0 Å². The fourth-order valence-corrected chi connectivity index (χ4v) is 2.25. The maximum Gasteiger partial charge on any atom is 0.0772 e. The van der Waals surface area contributed by atoms with Gasteiger partial charge < -0.3 is 5.11 Å². The molecule has 1 heterocycles. The lowest BCUT2D eigenvalue weighted by atomic mass is 10.1. The second kappa shape index (κ2) is 4.39. The van der Waals surface area contributed by atoms with Gasteiger partial charge in [-0.1, -0.05) is 22.0 Å². The Bertz CT molecular complexity index is 505. The number of hydrogen-bond donors (Lipinski definition) is 1. The lowest BCUT2D eigenvalue weighted by Gasteiger charge is -2.09. The molecule has 16 heavy (non-hydrogen) atoms. The van der Waals surface area contributed by atoms with Crippen LogP contribution in [0, 0.1) is 6.92 Å². The van der Waals surface area contributed by atoms with E-state index in [0.717, 1.165) is 21.4 Å². The molecule has 1 N–H and O–H groups in total. The van der Waals surface area contributed by atoms with E-state index in [0.29, 0.717) is 0 Å². The Morgan fingerprint density at radius 3 is 2.62 bits per heavy atom. The van der Waals surface area contributed by atoms with Gasteiger partial charge in [-0.2, -0.15) is 5.10 Å². The standard InChI is InChI=1S/C12H13BrN2O/c1-8-5-6-15(14-8)10-3-4-11(9(2)16)12(13)7-10/h3-7,9,16H,1-2H3/t9-/m1/s1. The highest BCUT2D eigenvalue weighted by molar-refractivity contribution is 9.10. The Morgan fingerprint density at radius 1 is 1.38 bits per heavy atom. The minimum Gasteiger partial charge on any atom is -0.389 e. The quantitative estimate of drug-likeness (QED) is 0.919. The largest absolute Gasteiger partial charge is 0.389 e. The summed E-state index contributed by atoms with van der Waals surface area (Å²) in [7, 11) is 0. The molecule has 0 aliphatic heterocycles. The van der Waals surface area contributed by atoms with Crippen molar-refractivity contribution >= 4 is 15.9 Å². The Morgan fingerprint density at radius 2 is 2.12 bits per heavy atom. The summed E-state index contributed by atoms with van der Waals surface area (Å²) in [6, 6.07) is 7.76. The van der Waals surface area contributed by atoms with Gasteiger partial charge in [-0.3, -0.25) is 0 Å². The summed E-state index contributed by atoms with van der Waals surface area (Å²) in [6.07, 6.45) is 1.45. The van der Waals surface area contributed by atoms with Crippen molar-refractivity contribution in [3.8, 4) is 5.69 Å². The van der Waals surface area contributed by atoms with Crippen LogP contribution in [0.25, 0.3) is 5.69 Å².